The molecule has 0 spiro atoms. The highest BCUT2D eigenvalue weighted by molar-refractivity contribution is 6.20. The molecule has 1 nitrogen and oxygen atoms in total. The number of fused-ring (bicyclic) bond motifs is 2. The van der Waals surface area contributed by atoms with Crippen molar-refractivity contribution in [2.75, 3.05) is 5.88 Å². The molecule has 0 heterocycles. The van der Waals surface area contributed by atoms with Crippen molar-refractivity contribution >= 4 is 17.4 Å². The Labute approximate surface area is 78.5 Å². The van der Waals surface area contributed by atoms with Gasteiger partial charge in [0, 0.05) is 17.7 Å². The van der Waals surface area contributed by atoms with E-state index in [0.717, 1.165) is 12.8 Å². The molecule has 0 unspecified atom stereocenters. The van der Waals surface area contributed by atoms with Gasteiger partial charge in [-0.05, 0) is 24.2 Å². The minimum Gasteiger partial charge on any atom is -0.299 e. The van der Waals surface area contributed by atoms with Gasteiger partial charge in [-0.2, -0.15) is 0 Å². The maximum atomic E-state index is 11.7. The number of hydrogen-bond acceptors (Lipinski definition) is 1. The van der Waals surface area contributed by atoms with E-state index in [1.165, 1.54) is 6.42 Å². The molecular weight excluding hydrogens is 172 g/mol. The van der Waals surface area contributed by atoms with E-state index in [0.29, 0.717) is 17.6 Å². The van der Waals surface area contributed by atoms with Crippen molar-refractivity contribution in [2.24, 2.45) is 16.7 Å². The molecule has 0 aromatic carbocycles. The van der Waals surface area contributed by atoms with Crippen molar-refractivity contribution in [2.45, 2.75) is 33.1 Å². The van der Waals surface area contributed by atoms with E-state index in [1.54, 1.807) is 0 Å². The second kappa shape index (κ2) is 2.25. The molecule has 68 valence electrons. The van der Waals surface area contributed by atoms with Gasteiger partial charge in [0.05, 0.1) is 0 Å². The van der Waals surface area contributed by atoms with Gasteiger partial charge in [0.1, 0.15) is 5.78 Å². The van der Waals surface area contributed by atoms with Crippen molar-refractivity contribution in [3.8, 4) is 0 Å². The van der Waals surface area contributed by atoms with E-state index >= 15 is 0 Å². The number of halogens is 1. The van der Waals surface area contributed by atoms with Crippen LogP contribution in [0.25, 0.3) is 0 Å². The Kier molecular flexibility index (Phi) is 1.61. The molecule has 0 aromatic heterocycles. The van der Waals surface area contributed by atoms with Crippen LogP contribution >= 0.6 is 11.6 Å². The lowest BCUT2D eigenvalue weighted by Gasteiger charge is -2.34. The van der Waals surface area contributed by atoms with E-state index < -0.39 is 0 Å². The first-order chi connectivity index (χ1) is 5.54. The molecule has 2 fully saturated rings. The zero-order chi connectivity index (χ0) is 8.98. The largest absolute Gasteiger partial charge is 0.299 e. The lowest BCUT2D eigenvalue weighted by molar-refractivity contribution is -0.127. The molecule has 0 aliphatic heterocycles. The topological polar surface area (TPSA) is 17.1 Å². The number of Topliss-reactive ketones (excluding diaryl/α,β-unsaturated/α-hetero) is 1. The number of ketones is 1. The highest BCUT2D eigenvalue weighted by Crippen LogP contribution is 2.64. The Balaban J connectivity index is 2.46. The van der Waals surface area contributed by atoms with Crippen LogP contribution < -0.4 is 0 Å². The summed E-state index contributed by atoms with van der Waals surface area (Å²) in [5.41, 5.74) is -0.00887. The van der Waals surface area contributed by atoms with Crippen LogP contribution in [0.5, 0.6) is 0 Å². The van der Waals surface area contributed by atoms with E-state index in [-0.39, 0.29) is 10.8 Å². The highest BCUT2D eigenvalue weighted by atomic mass is 35.5. The van der Waals surface area contributed by atoms with Gasteiger partial charge in [0.25, 0.3) is 0 Å². The Hall–Kier alpha value is -0.0400. The summed E-state index contributed by atoms with van der Waals surface area (Å²) in [5, 5.41) is 0. The maximum absolute atomic E-state index is 11.7. The van der Waals surface area contributed by atoms with Crippen LogP contribution in [0.2, 0.25) is 0 Å². The number of rotatable bonds is 1. The number of carbonyl (C=O) groups excluding carboxylic acids is 1. The van der Waals surface area contributed by atoms with Crippen LogP contribution in [0.4, 0.5) is 0 Å². The quantitative estimate of drug-likeness (QED) is 0.576. The van der Waals surface area contributed by atoms with Gasteiger partial charge >= 0.3 is 0 Å². The summed E-state index contributed by atoms with van der Waals surface area (Å²) in [6, 6.07) is 0. The molecule has 0 aromatic rings. The van der Waals surface area contributed by atoms with Gasteiger partial charge in [-0.25, -0.2) is 0 Å². The summed E-state index contributed by atoms with van der Waals surface area (Å²) in [6.45, 7) is 4.41. The molecule has 2 aliphatic rings. The number of carbonyl (C=O) groups is 1. The predicted molar refractivity (Wildman–Crippen MR) is 49.3 cm³/mol. The fourth-order valence-corrected chi connectivity index (χ4v) is 3.71. The van der Waals surface area contributed by atoms with Crippen LogP contribution in [-0.4, -0.2) is 11.7 Å². The smallest absolute Gasteiger partial charge is 0.141 e. The Morgan fingerprint density at radius 3 is 2.50 bits per heavy atom. The molecule has 2 bridgehead atoms. The summed E-state index contributed by atoms with van der Waals surface area (Å²) in [5.74, 6) is 1.54. The maximum Gasteiger partial charge on any atom is 0.141 e. The first kappa shape index (κ1) is 8.55. The van der Waals surface area contributed by atoms with Gasteiger partial charge in [-0.3, -0.25) is 4.79 Å². The van der Waals surface area contributed by atoms with Crippen LogP contribution in [-0.2, 0) is 4.79 Å². The third kappa shape index (κ3) is 0.693. The van der Waals surface area contributed by atoms with Crippen LogP contribution in [0.3, 0.4) is 0 Å². The number of alkyl halides is 1. The fraction of sp³-hybridized carbons (Fsp3) is 0.900. The van der Waals surface area contributed by atoms with Crippen molar-refractivity contribution in [1.29, 1.82) is 0 Å². The second-order valence-electron chi connectivity index (χ2n) is 4.80. The normalized spacial score (nSPS) is 43.9. The van der Waals surface area contributed by atoms with Crippen molar-refractivity contribution in [1.82, 2.24) is 0 Å². The SMILES string of the molecule is CC1(C)[C@H]2CC[C@@]1(CCl)C(=O)C2. The van der Waals surface area contributed by atoms with Gasteiger partial charge in [0.15, 0.2) is 0 Å². The zero-order valence-corrected chi connectivity index (χ0v) is 8.45. The number of hydrogen-bond donors (Lipinski definition) is 0. The molecule has 0 N–H and O–H groups in total. The van der Waals surface area contributed by atoms with E-state index in [1.807, 2.05) is 0 Å². The Morgan fingerprint density at radius 1 is 1.58 bits per heavy atom. The summed E-state index contributed by atoms with van der Waals surface area (Å²) in [4.78, 5) is 11.7. The lowest BCUT2D eigenvalue weighted by Crippen LogP contribution is -2.37. The summed E-state index contributed by atoms with van der Waals surface area (Å²) in [6.07, 6.45) is 3.00. The fourth-order valence-electron chi connectivity index (χ4n) is 3.08. The van der Waals surface area contributed by atoms with Gasteiger partial charge in [0.2, 0.25) is 0 Å². The van der Waals surface area contributed by atoms with Gasteiger partial charge in [-0.15, -0.1) is 11.6 Å². The van der Waals surface area contributed by atoms with Crippen molar-refractivity contribution < 1.29 is 4.79 Å². The first-order valence-electron chi connectivity index (χ1n) is 4.64. The highest BCUT2D eigenvalue weighted by Gasteiger charge is 2.63. The third-order valence-electron chi connectivity index (χ3n) is 4.37. The minimum absolute atomic E-state index is 0.159. The average molecular weight is 187 g/mol. The second-order valence-corrected chi connectivity index (χ2v) is 5.07. The molecule has 0 radical (unpaired) electrons. The summed E-state index contributed by atoms with van der Waals surface area (Å²) < 4.78 is 0. The molecule has 2 saturated carbocycles. The van der Waals surface area contributed by atoms with E-state index in [4.69, 9.17) is 11.6 Å². The average Bonchev–Trinajstić information content (AvgIpc) is 2.36. The van der Waals surface area contributed by atoms with Crippen molar-refractivity contribution in [3.05, 3.63) is 0 Å². The van der Waals surface area contributed by atoms with Crippen LogP contribution in [0.1, 0.15) is 33.1 Å². The van der Waals surface area contributed by atoms with Gasteiger partial charge < -0.3 is 0 Å². The molecule has 2 heteroatoms. The third-order valence-corrected chi connectivity index (χ3v) is 4.82. The molecular formula is C10H15ClO. The first-order valence-corrected chi connectivity index (χ1v) is 5.17. The molecule has 12 heavy (non-hydrogen) atoms. The van der Waals surface area contributed by atoms with Crippen LogP contribution in [0.15, 0.2) is 0 Å². The van der Waals surface area contributed by atoms with E-state index in [9.17, 15) is 4.79 Å². The molecule has 0 amide bonds. The van der Waals surface area contributed by atoms with E-state index in [2.05, 4.69) is 13.8 Å². The molecule has 2 rings (SSSR count). The Morgan fingerprint density at radius 2 is 2.25 bits per heavy atom. The monoisotopic (exact) mass is 186 g/mol. The summed E-state index contributed by atoms with van der Waals surface area (Å²) in [7, 11) is 0. The minimum atomic E-state index is -0.167. The van der Waals surface area contributed by atoms with Crippen molar-refractivity contribution in [3.63, 3.8) is 0 Å². The Bertz CT molecular complexity index is 234. The summed E-state index contributed by atoms with van der Waals surface area (Å²) >= 11 is 5.95. The van der Waals surface area contributed by atoms with Gasteiger partial charge in [-0.1, -0.05) is 13.8 Å². The standard InChI is InChI=1S/C10H15ClO/c1-9(2)7-3-4-10(9,6-11)8(12)5-7/h7H,3-6H2,1-2H3/t7-,10+/m0/s1. The van der Waals surface area contributed by atoms with Crippen LogP contribution in [0, 0.1) is 16.7 Å². The predicted octanol–water partition coefficient (Wildman–Crippen LogP) is 2.62. The molecule has 0 saturated heterocycles. The zero-order valence-electron chi connectivity index (χ0n) is 7.69. The molecule has 2 atom stereocenters. The lowest BCUT2D eigenvalue weighted by atomic mass is 9.70. The molecule has 2 aliphatic carbocycles.